The number of fused-ring (bicyclic) bond motifs is 8. The first-order valence-corrected chi connectivity index (χ1v) is 23.4. The first kappa shape index (κ1) is 41.8. The standard InChI is InChI=1S/C28H18BrN.C22H15BNO2.C6H4BrI/c29-23-13-9-20(10-14-23)22-12-16-28-26(18-22)25-7-3-4-8-27(25)30(28)24-15-11-19-5-1-2-6-21(19)17-24;25-23-26-18-11-12-22-20(14-18)19-7-3-4-8-21(19)24(22)17-10-9-15-5-1-2-6-16(15)13-17;7-5-1-3-6(8)4-2-5/h1-18H;1-14,25H;1-4H. The van der Waals surface area contributed by atoms with Crippen LogP contribution in [0.1, 0.15) is 0 Å². The van der Waals surface area contributed by atoms with Crippen molar-refractivity contribution in [3.8, 4) is 28.3 Å². The summed E-state index contributed by atoms with van der Waals surface area (Å²) in [4.78, 5) is 0. The summed E-state index contributed by atoms with van der Waals surface area (Å²) >= 11 is 9.15. The molecule has 0 saturated carbocycles. The van der Waals surface area contributed by atoms with Crippen LogP contribution in [-0.2, 0) is 0 Å². The van der Waals surface area contributed by atoms with Crippen molar-refractivity contribution in [1.29, 1.82) is 0 Å². The Morgan fingerprint density at radius 3 is 1.36 bits per heavy atom. The number of benzene rings is 10. The van der Waals surface area contributed by atoms with Gasteiger partial charge in [-0.05, 0) is 158 Å². The fraction of sp³-hybridized carbons (Fsp3) is 0. The third-order valence-corrected chi connectivity index (χ3v) is 13.2. The maximum absolute atomic E-state index is 8.94. The Kier molecular flexibility index (Phi) is 12.1. The minimum Gasteiger partial charge on any atom is -0.537 e. The molecule has 0 fully saturated rings. The van der Waals surface area contributed by atoms with Crippen LogP contribution in [0.3, 0.4) is 0 Å². The van der Waals surface area contributed by atoms with Crippen molar-refractivity contribution in [3.63, 3.8) is 0 Å². The molecule has 4 nitrogen and oxygen atoms in total. The maximum atomic E-state index is 8.94. The molecule has 0 aliphatic heterocycles. The normalized spacial score (nSPS) is 11.1. The van der Waals surface area contributed by atoms with Crippen LogP contribution in [0, 0.1) is 3.57 Å². The molecule has 1 radical (unpaired) electrons. The minimum atomic E-state index is 0.612. The Labute approximate surface area is 402 Å². The summed E-state index contributed by atoms with van der Waals surface area (Å²) in [5.41, 5.74) is 9.48. The predicted octanol–water partition coefficient (Wildman–Crippen LogP) is 16.3. The van der Waals surface area contributed by atoms with Crippen LogP contribution in [0.5, 0.6) is 5.75 Å². The van der Waals surface area contributed by atoms with Crippen LogP contribution in [0.25, 0.3) is 87.7 Å². The van der Waals surface area contributed by atoms with Crippen molar-refractivity contribution in [3.05, 3.63) is 231 Å². The zero-order chi connectivity index (χ0) is 43.6. The van der Waals surface area contributed by atoms with E-state index in [-0.39, 0.29) is 0 Å². The monoisotopic (exact) mass is 1070 g/mol. The van der Waals surface area contributed by atoms with Crippen LogP contribution in [0.2, 0.25) is 0 Å². The van der Waals surface area contributed by atoms with Gasteiger partial charge in [-0.3, -0.25) is 0 Å². The van der Waals surface area contributed by atoms with E-state index in [1.165, 1.54) is 63.7 Å². The molecule has 12 aromatic rings. The topological polar surface area (TPSA) is 39.3 Å². The van der Waals surface area contributed by atoms with Gasteiger partial charge in [-0.15, -0.1) is 0 Å². The molecule has 0 amide bonds. The molecule has 1 N–H and O–H groups in total. The zero-order valence-corrected chi connectivity index (χ0v) is 39.6. The highest BCUT2D eigenvalue weighted by molar-refractivity contribution is 14.1. The summed E-state index contributed by atoms with van der Waals surface area (Å²) in [6.07, 6.45) is 0. The number of hydrogen-bond donors (Lipinski definition) is 1. The van der Waals surface area contributed by atoms with Gasteiger partial charge in [0.25, 0.3) is 0 Å². The van der Waals surface area contributed by atoms with Gasteiger partial charge in [0.05, 0.1) is 22.1 Å². The molecular formula is C56H37BBr2IN2O2. The van der Waals surface area contributed by atoms with Crippen molar-refractivity contribution in [2.45, 2.75) is 0 Å². The molecule has 0 atom stereocenters. The summed E-state index contributed by atoms with van der Waals surface area (Å²) in [6.45, 7) is 0. The first-order valence-electron chi connectivity index (χ1n) is 20.8. The Bertz CT molecular complexity index is 3600. The van der Waals surface area contributed by atoms with Crippen molar-refractivity contribution < 1.29 is 9.68 Å². The smallest absolute Gasteiger partial charge is 0.537 e. The number of hydrogen-bond acceptors (Lipinski definition) is 2. The van der Waals surface area contributed by atoms with Gasteiger partial charge in [0, 0.05) is 45.4 Å². The van der Waals surface area contributed by atoms with Crippen molar-refractivity contribution >= 4 is 127 Å². The van der Waals surface area contributed by atoms with E-state index >= 15 is 0 Å². The number of aromatic nitrogens is 2. The molecule has 0 saturated heterocycles. The number of nitrogens with zero attached hydrogens (tertiary/aromatic N) is 2. The van der Waals surface area contributed by atoms with E-state index in [9.17, 15) is 0 Å². The third kappa shape index (κ3) is 8.46. The lowest BCUT2D eigenvalue weighted by atomic mass is 10.0. The molecule has 8 heteroatoms. The Hall–Kier alpha value is -6.17. The van der Waals surface area contributed by atoms with Crippen molar-refractivity contribution in [2.24, 2.45) is 0 Å². The average molecular weight is 1070 g/mol. The van der Waals surface area contributed by atoms with E-state index < -0.39 is 0 Å². The average Bonchev–Trinajstić information content (AvgIpc) is 3.85. The molecule has 0 bridgehead atoms. The SMILES string of the molecule is Brc1ccc(-c2ccc3c(c2)c2ccccc2n3-c2ccc3ccccc3c2)cc1.Brc1ccc(I)cc1.O[B]Oc1ccc2c(c1)c1ccccc1n2-c1ccc2ccccc2c1. The summed E-state index contributed by atoms with van der Waals surface area (Å²) in [5, 5.41) is 18.7. The highest BCUT2D eigenvalue weighted by atomic mass is 127. The van der Waals surface area contributed by atoms with Gasteiger partial charge < -0.3 is 18.8 Å². The molecule has 2 aromatic heterocycles. The maximum Gasteiger partial charge on any atom is 0.569 e. The van der Waals surface area contributed by atoms with Crippen molar-refractivity contribution in [1.82, 2.24) is 9.13 Å². The molecule has 307 valence electrons. The molecule has 2 heterocycles. The van der Waals surface area contributed by atoms with Gasteiger partial charge in [0.15, 0.2) is 0 Å². The summed E-state index contributed by atoms with van der Waals surface area (Å²) in [5.74, 6) is 0.612. The van der Waals surface area contributed by atoms with Crippen LogP contribution < -0.4 is 4.65 Å². The Morgan fingerprint density at radius 2 is 0.828 bits per heavy atom. The lowest BCUT2D eigenvalue weighted by Crippen LogP contribution is -1.99. The van der Waals surface area contributed by atoms with E-state index in [1.54, 1.807) is 0 Å². The van der Waals surface area contributed by atoms with E-state index in [2.05, 4.69) is 246 Å². The van der Waals surface area contributed by atoms with Gasteiger partial charge in [-0.25, -0.2) is 0 Å². The third-order valence-electron chi connectivity index (χ3n) is 11.5. The molecule has 0 unspecified atom stereocenters. The van der Waals surface area contributed by atoms with Gasteiger partial charge >= 0.3 is 7.69 Å². The fourth-order valence-electron chi connectivity index (χ4n) is 8.50. The number of para-hydroxylation sites is 2. The van der Waals surface area contributed by atoms with E-state index in [4.69, 9.17) is 9.68 Å². The second kappa shape index (κ2) is 18.5. The van der Waals surface area contributed by atoms with Crippen LogP contribution in [0.4, 0.5) is 0 Å². The van der Waals surface area contributed by atoms with E-state index in [0.717, 1.165) is 36.4 Å². The van der Waals surface area contributed by atoms with Gasteiger partial charge in [-0.1, -0.05) is 147 Å². The molecule has 0 aliphatic rings. The molecular weight excluding hydrogens is 1030 g/mol. The quantitative estimate of drug-likeness (QED) is 0.138. The van der Waals surface area contributed by atoms with Crippen LogP contribution in [0.15, 0.2) is 227 Å². The fourth-order valence-corrected chi connectivity index (χ4v) is 9.39. The summed E-state index contributed by atoms with van der Waals surface area (Å²) in [6, 6.07) is 76.5. The van der Waals surface area contributed by atoms with Crippen molar-refractivity contribution in [2.75, 3.05) is 0 Å². The molecule has 10 aromatic carbocycles. The summed E-state index contributed by atoms with van der Waals surface area (Å²) in [7, 11) is 0.712. The number of halogens is 3. The molecule has 0 aliphatic carbocycles. The zero-order valence-electron chi connectivity index (χ0n) is 34.2. The van der Waals surface area contributed by atoms with E-state index in [1.807, 2.05) is 36.4 Å². The highest BCUT2D eigenvalue weighted by Crippen LogP contribution is 2.37. The predicted molar refractivity (Wildman–Crippen MR) is 285 cm³/mol. The van der Waals surface area contributed by atoms with E-state index in [0.29, 0.717) is 13.4 Å². The van der Waals surface area contributed by atoms with Crippen LogP contribution >= 0.6 is 54.5 Å². The van der Waals surface area contributed by atoms with Gasteiger partial charge in [0.2, 0.25) is 0 Å². The minimum absolute atomic E-state index is 0.612. The molecule has 64 heavy (non-hydrogen) atoms. The Balaban J connectivity index is 0.000000130. The van der Waals surface area contributed by atoms with Gasteiger partial charge in [-0.2, -0.15) is 0 Å². The first-order chi connectivity index (χ1) is 31.4. The second-order valence-corrected chi connectivity index (χ2v) is 18.4. The van der Waals surface area contributed by atoms with Gasteiger partial charge in [0.1, 0.15) is 5.75 Å². The Morgan fingerprint density at radius 1 is 0.391 bits per heavy atom. The lowest BCUT2D eigenvalue weighted by Gasteiger charge is -2.10. The molecule has 0 spiro atoms. The lowest BCUT2D eigenvalue weighted by molar-refractivity contribution is 0.454. The number of rotatable bonds is 5. The molecule has 12 rings (SSSR count). The van der Waals surface area contributed by atoms with Crippen LogP contribution in [-0.4, -0.2) is 21.8 Å². The largest absolute Gasteiger partial charge is 0.569 e. The second-order valence-electron chi connectivity index (χ2n) is 15.3. The summed E-state index contributed by atoms with van der Waals surface area (Å²) < 4.78 is 13.3. The highest BCUT2D eigenvalue weighted by Gasteiger charge is 2.15.